The number of pyridine rings is 1. The lowest BCUT2D eigenvalue weighted by Gasteiger charge is -2.28. The number of H-pyrrole nitrogens is 1. The van der Waals surface area contributed by atoms with Gasteiger partial charge in [-0.05, 0) is 18.2 Å². The third-order valence-electron chi connectivity index (χ3n) is 4.65. The van der Waals surface area contributed by atoms with Crippen molar-refractivity contribution < 1.29 is 15.3 Å². The molecule has 0 fully saturated rings. The second-order valence-electron chi connectivity index (χ2n) is 6.51. The van der Waals surface area contributed by atoms with Gasteiger partial charge in [-0.2, -0.15) is 0 Å². The Morgan fingerprint density at radius 2 is 1.96 bits per heavy atom. The van der Waals surface area contributed by atoms with E-state index in [0.29, 0.717) is 43.0 Å². The van der Waals surface area contributed by atoms with Gasteiger partial charge < -0.3 is 20.3 Å². The van der Waals surface area contributed by atoms with E-state index >= 15 is 0 Å². The smallest absolute Gasteiger partial charge is 0.255 e. The van der Waals surface area contributed by atoms with Crippen LogP contribution in [-0.4, -0.2) is 41.7 Å². The highest BCUT2D eigenvalue weighted by Gasteiger charge is 2.22. The Labute approximate surface area is 154 Å². The number of phenolic OH excluding ortho intramolecular Hbond substituents is 3. The number of aromatic hydroxyl groups is 3. The highest BCUT2D eigenvalue weighted by Crippen LogP contribution is 2.33. The summed E-state index contributed by atoms with van der Waals surface area (Å²) in [7, 11) is 0. The number of rotatable bonds is 3. The molecule has 0 spiro atoms. The molecule has 0 saturated heterocycles. The summed E-state index contributed by atoms with van der Waals surface area (Å²) in [5.41, 5.74) is 2.39. The van der Waals surface area contributed by atoms with Crippen molar-refractivity contribution >= 4 is 0 Å². The summed E-state index contributed by atoms with van der Waals surface area (Å²) in [6.07, 6.45) is 3.91. The van der Waals surface area contributed by atoms with Crippen LogP contribution in [0.5, 0.6) is 17.2 Å². The molecular weight excluding hydrogens is 348 g/mol. The van der Waals surface area contributed by atoms with Crippen LogP contribution in [0.2, 0.25) is 0 Å². The van der Waals surface area contributed by atoms with Crippen molar-refractivity contribution in [1.82, 2.24) is 19.9 Å². The van der Waals surface area contributed by atoms with Gasteiger partial charge in [0.15, 0.2) is 11.5 Å². The minimum atomic E-state index is -0.371. The molecule has 4 rings (SSSR count). The maximum atomic E-state index is 12.6. The molecule has 1 aliphatic rings. The fraction of sp³-hybridized carbons (Fsp3) is 0.211. The first-order valence-corrected chi connectivity index (χ1v) is 8.50. The molecule has 0 atom stereocenters. The molecule has 0 radical (unpaired) electrons. The Morgan fingerprint density at radius 1 is 1.15 bits per heavy atom. The molecule has 3 aromatic rings. The van der Waals surface area contributed by atoms with Crippen LogP contribution in [0.15, 0.2) is 41.5 Å². The van der Waals surface area contributed by atoms with E-state index in [1.807, 2.05) is 11.0 Å². The Balaban J connectivity index is 1.59. The van der Waals surface area contributed by atoms with Crippen LogP contribution in [0.4, 0.5) is 0 Å². The van der Waals surface area contributed by atoms with Crippen molar-refractivity contribution in [3.05, 3.63) is 63.8 Å². The van der Waals surface area contributed by atoms with Gasteiger partial charge in [-0.1, -0.05) is 0 Å². The van der Waals surface area contributed by atoms with E-state index in [1.54, 1.807) is 18.5 Å². The number of benzene rings is 1. The van der Waals surface area contributed by atoms with Crippen molar-refractivity contribution in [2.75, 3.05) is 6.54 Å². The predicted octanol–water partition coefficient (Wildman–Crippen LogP) is 1.51. The fourth-order valence-electron chi connectivity index (χ4n) is 3.23. The van der Waals surface area contributed by atoms with Gasteiger partial charge >= 0.3 is 0 Å². The largest absolute Gasteiger partial charge is 0.507 e. The monoisotopic (exact) mass is 366 g/mol. The summed E-state index contributed by atoms with van der Waals surface area (Å²) in [5.74, 6) is -0.263. The van der Waals surface area contributed by atoms with E-state index in [9.17, 15) is 20.1 Å². The number of hydrogen-bond acceptors (Lipinski definition) is 7. The highest BCUT2D eigenvalue weighted by molar-refractivity contribution is 5.53. The van der Waals surface area contributed by atoms with Crippen molar-refractivity contribution in [1.29, 1.82) is 0 Å². The van der Waals surface area contributed by atoms with Crippen LogP contribution in [-0.2, 0) is 19.5 Å². The van der Waals surface area contributed by atoms with Crippen LogP contribution in [0, 0.1) is 0 Å². The molecule has 4 N–H and O–H groups in total. The molecule has 1 aliphatic heterocycles. The summed E-state index contributed by atoms with van der Waals surface area (Å²) in [6.45, 7) is 1.37. The zero-order valence-electron chi connectivity index (χ0n) is 14.4. The molecule has 0 aliphatic carbocycles. The van der Waals surface area contributed by atoms with Crippen LogP contribution in [0.1, 0.15) is 16.8 Å². The molecule has 0 saturated carbocycles. The summed E-state index contributed by atoms with van der Waals surface area (Å²) < 4.78 is 0. The molecule has 3 heterocycles. The molecule has 0 bridgehead atoms. The Bertz CT molecular complexity index is 1050. The summed E-state index contributed by atoms with van der Waals surface area (Å²) in [6, 6.07) is 6.06. The first-order chi connectivity index (χ1) is 13.0. The van der Waals surface area contributed by atoms with Crippen LogP contribution in [0.25, 0.3) is 11.4 Å². The SMILES string of the molecule is O=c1[nH]c(-c2cccnc2)nc2c1CN(Cc1cc(O)c(O)cc1O)CC2. The first-order valence-electron chi connectivity index (χ1n) is 8.50. The summed E-state index contributed by atoms with van der Waals surface area (Å²) in [4.78, 5) is 26.0. The number of nitrogens with zero attached hydrogens (tertiary/aromatic N) is 3. The van der Waals surface area contributed by atoms with Gasteiger partial charge in [0.1, 0.15) is 11.6 Å². The molecule has 27 heavy (non-hydrogen) atoms. The second kappa shape index (κ2) is 6.73. The van der Waals surface area contributed by atoms with Gasteiger partial charge in [-0.15, -0.1) is 0 Å². The molecular formula is C19H18N4O4. The summed E-state index contributed by atoms with van der Waals surface area (Å²) in [5, 5.41) is 29.1. The zero-order valence-corrected chi connectivity index (χ0v) is 14.4. The van der Waals surface area contributed by atoms with Crippen molar-refractivity contribution in [2.45, 2.75) is 19.5 Å². The van der Waals surface area contributed by atoms with E-state index in [1.165, 1.54) is 6.07 Å². The average molecular weight is 366 g/mol. The van der Waals surface area contributed by atoms with Crippen molar-refractivity contribution in [3.8, 4) is 28.6 Å². The van der Waals surface area contributed by atoms with E-state index in [-0.39, 0.29) is 22.8 Å². The number of aromatic nitrogens is 3. The minimum Gasteiger partial charge on any atom is -0.507 e. The summed E-state index contributed by atoms with van der Waals surface area (Å²) >= 11 is 0. The zero-order chi connectivity index (χ0) is 19.0. The molecule has 1 aromatic carbocycles. The molecule has 0 unspecified atom stereocenters. The van der Waals surface area contributed by atoms with Crippen molar-refractivity contribution in [3.63, 3.8) is 0 Å². The van der Waals surface area contributed by atoms with E-state index in [0.717, 1.165) is 17.3 Å². The number of aromatic amines is 1. The van der Waals surface area contributed by atoms with Gasteiger partial charge in [-0.3, -0.25) is 14.7 Å². The van der Waals surface area contributed by atoms with E-state index < -0.39 is 0 Å². The number of nitrogens with one attached hydrogen (secondary N) is 1. The molecule has 8 heteroatoms. The van der Waals surface area contributed by atoms with Gasteiger partial charge in [0.05, 0.1) is 11.3 Å². The van der Waals surface area contributed by atoms with Crippen molar-refractivity contribution in [2.24, 2.45) is 0 Å². The Kier molecular flexibility index (Phi) is 4.25. The third kappa shape index (κ3) is 3.34. The molecule has 8 nitrogen and oxygen atoms in total. The van der Waals surface area contributed by atoms with Gasteiger partial charge in [0.25, 0.3) is 5.56 Å². The molecule has 0 amide bonds. The lowest BCUT2D eigenvalue weighted by molar-refractivity contribution is 0.238. The topological polar surface area (TPSA) is 123 Å². The van der Waals surface area contributed by atoms with E-state index in [4.69, 9.17) is 0 Å². The van der Waals surface area contributed by atoms with Crippen LogP contribution < -0.4 is 5.56 Å². The van der Waals surface area contributed by atoms with Crippen LogP contribution in [0.3, 0.4) is 0 Å². The third-order valence-corrected chi connectivity index (χ3v) is 4.65. The first kappa shape index (κ1) is 17.0. The second-order valence-corrected chi connectivity index (χ2v) is 6.51. The van der Waals surface area contributed by atoms with Gasteiger partial charge in [0.2, 0.25) is 0 Å². The maximum absolute atomic E-state index is 12.6. The predicted molar refractivity (Wildman–Crippen MR) is 97.3 cm³/mol. The quantitative estimate of drug-likeness (QED) is 0.409. The Hall–Kier alpha value is -3.39. The molecule has 138 valence electrons. The Morgan fingerprint density at radius 3 is 2.74 bits per heavy atom. The van der Waals surface area contributed by atoms with Gasteiger partial charge in [-0.25, -0.2) is 4.98 Å². The lowest BCUT2D eigenvalue weighted by atomic mass is 10.0. The standard InChI is InChI=1S/C19H18N4O4/c24-15-7-17(26)16(25)6-12(15)9-23-5-3-14-13(10-23)19(27)22-18(21-14)11-2-1-4-20-8-11/h1-2,4,6-8,24-26H,3,5,9-10H2,(H,21,22,27). The minimum absolute atomic E-state index is 0.102. The van der Waals surface area contributed by atoms with Crippen LogP contribution >= 0.6 is 0 Å². The van der Waals surface area contributed by atoms with Gasteiger partial charge in [0, 0.05) is 55.6 Å². The fourth-order valence-corrected chi connectivity index (χ4v) is 3.23. The number of phenols is 3. The molecule has 2 aromatic heterocycles. The normalized spacial score (nSPS) is 14.1. The maximum Gasteiger partial charge on any atom is 0.255 e. The van der Waals surface area contributed by atoms with E-state index in [2.05, 4.69) is 15.0 Å². The highest BCUT2D eigenvalue weighted by atomic mass is 16.3. The average Bonchev–Trinajstić information content (AvgIpc) is 2.67. The number of fused-ring (bicyclic) bond motifs is 1. The number of hydrogen-bond donors (Lipinski definition) is 4. The lowest BCUT2D eigenvalue weighted by Crippen LogP contribution is -2.35.